The normalized spacial score (nSPS) is 22.5. The molecule has 0 bridgehead atoms. The fraction of sp³-hybridized carbons (Fsp3) is 0.235. The Labute approximate surface area is 160 Å². The molecule has 0 radical (unpaired) electrons. The lowest BCUT2D eigenvalue weighted by atomic mass is 10.2. The molecule has 1 saturated heterocycles. The number of methoxy groups -OCH3 is 1. The van der Waals surface area contributed by atoms with Crippen LogP contribution in [0.1, 0.15) is 5.56 Å². The smallest absolute Gasteiger partial charge is 0.294 e. The highest BCUT2D eigenvalue weighted by Crippen LogP contribution is 2.33. The summed E-state index contributed by atoms with van der Waals surface area (Å²) in [7, 11) is -1.81. The number of para-hydroxylation sites is 1. The number of sulfone groups is 1. The van der Waals surface area contributed by atoms with Crippen LogP contribution < -0.4 is 10.1 Å². The first-order chi connectivity index (χ1) is 12.8. The molecule has 142 valence electrons. The zero-order valence-electron chi connectivity index (χ0n) is 14.2. The van der Waals surface area contributed by atoms with E-state index in [1.165, 1.54) is 19.3 Å². The minimum atomic E-state index is -3.31. The molecule has 0 aliphatic carbocycles. The molecule has 2 heterocycles. The number of imide groups is 1. The van der Waals surface area contributed by atoms with E-state index in [1.54, 1.807) is 24.3 Å². The molecule has 0 spiro atoms. The molecular formula is C17H16N2O6S2. The van der Waals surface area contributed by atoms with Crippen LogP contribution in [0, 0.1) is 0 Å². The van der Waals surface area contributed by atoms with E-state index in [-0.39, 0.29) is 10.7 Å². The van der Waals surface area contributed by atoms with Crippen molar-refractivity contribution in [1.82, 2.24) is 10.2 Å². The first-order valence-electron chi connectivity index (χ1n) is 7.88. The maximum atomic E-state index is 12.5. The average Bonchev–Trinajstić information content (AvgIpc) is 3.08. The number of carbonyl (C=O) groups is 3. The zero-order valence-corrected chi connectivity index (χ0v) is 15.9. The van der Waals surface area contributed by atoms with Crippen molar-refractivity contribution in [2.75, 3.05) is 19.4 Å². The summed E-state index contributed by atoms with van der Waals surface area (Å²) in [5, 5.41) is 2.96. The van der Waals surface area contributed by atoms with Gasteiger partial charge in [-0.15, -0.1) is 0 Å². The van der Waals surface area contributed by atoms with Gasteiger partial charge in [0.25, 0.3) is 11.1 Å². The van der Waals surface area contributed by atoms with Gasteiger partial charge in [0.1, 0.15) is 12.3 Å². The Hall–Kier alpha value is -2.59. The lowest BCUT2D eigenvalue weighted by molar-refractivity contribution is -0.129. The molecule has 3 amide bonds. The second-order valence-electron chi connectivity index (χ2n) is 5.84. The van der Waals surface area contributed by atoms with Gasteiger partial charge in [-0.2, -0.15) is 0 Å². The molecule has 2 aliphatic rings. The van der Waals surface area contributed by atoms with Gasteiger partial charge in [0, 0.05) is 11.0 Å². The van der Waals surface area contributed by atoms with Crippen LogP contribution in [-0.2, 0) is 19.4 Å². The van der Waals surface area contributed by atoms with Gasteiger partial charge in [-0.05, 0) is 30.0 Å². The summed E-state index contributed by atoms with van der Waals surface area (Å²) in [6.07, 6.45) is 2.90. The Morgan fingerprint density at radius 3 is 2.78 bits per heavy atom. The minimum Gasteiger partial charge on any atom is -0.496 e. The van der Waals surface area contributed by atoms with E-state index in [0.717, 1.165) is 22.1 Å². The minimum absolute atomic E-state index is 0.181. The van der Waals surface area contributed by atoms with Crippen LogP contribution in [0.3, 0.4) is 0 Å². The summed E-state index contributed by atoms with van der Waals surface area (Å²) in [5.41, 5.74) is 0.635. The van der Waals surface area contributed by atoms with Gasteiger partial charge < -0.3 is 10.1 Å². The molecule has 2 aliphatic heterocycles. The third-order valence-corrected chi connectivity index (χ3v) is 6.18. The maximum Gasteiger partial charge on any atom is 0.294 e. The Morgan fingerprint density at radius 2 is 2.11 bits per heavy atom. The number of ether oxygens (including phenoxy) is 1. The van der Waals surface area contributed by atoms with Crippen molar-refractivity contribution in [3.05, 3.63) is 46.2 Å². The highest BCUT2D eigenvalue weighted by Gasteiger charge is 2.37. The average molecular weight is 408 g/mol. The zero-order chi connectivity index (χ0) is 19.6. The summed E-state index contributed by atoms with van der Waals surface area (Å²) >= 11 is 0.733. The number of nitrogens with one attached hydrogen (secondary N) is 1. The Kier molecular flexibility index (Phi) is 5.38. The van der Waals surface area contributed by atoms with Crippen LogP contribution in [0.5, 0.6) is 5.75 Å². The number of benzene rings is 1. The van der Waals surface area contributed by atoms with Crippen LogP contribution in [-0.4, -0.2) is 55.8 Å². The Morgan fingerprint density at radius 1 is 1.37 bits per heavy atom. The van der Waals surface area contributed by atoms with Gasteiger partial charge in [-0.25, -0.2) is 8.42 Å². The summed E-state index contributed by atoms with van der Waals surface area (Å²) in [4.78, 5) is 37.7. The molecule has 1 N–H and O–H groups in total. The van der Waals surface area contributed by atoms with Gasteiger partial charge in [0.15, 0.2) is 9.84 Å². The van der Waals surface area contributed by atoms with Crippen LogP contribution in [0.4, 0.5) is 4.79 Å². The molecule has 0 aromatic heterocycles. The predicted molar refractivity (Wildman–Crippen MR) is 101 cm³/mol. The number of rotatable bonds is 5. The maximum absolute atomic E-state index is 12.5. The van der Waals surface area contributed by atoms with Gasteiger partial charge in [-0.1, -0.05) is 18.2 Å². The Bertz CT molecular complexity index is 967. The second kappa shape index (κ2) is 7.57. The fourth-order valence-corrected chi connectivity index (χ4v) is 4.69. The number of thioether (sulfide) groups is 1. The van der Waals surface area contributed by atoms with Gasteiger partial charge in [0.2, 0.25) is 5.91 Å². The Balaban J connectivity index is 1.68. The van der Waals surface area contributed by atoms with E-state index in [9.17, 15) is 22.8 Å². The molecule has 1 atom stereocenters. The summed E-state index contributed by atoms with van der Waals surface area (Å²) in [6, 6.07) is 6.37. The predicted octanol–water partition coefficient (Wildman–Crippen LogP) is 1.16. The first-order valence-corrected chi connectivity index (χ1v) is 10.4. The van der Waals surface area contributed by atoms with Crippen LogP contribution >= 0.6 is 11.8 Å². The summed E-state index contributed by atoms with van der Waals surface area (Å²) in [6.45, 7) is -0.474. The van der Waals surface area contributed by atoms with Crippen molar-refractivity contribution >= 4 is 44.7 Å². The molecule has 1 aromatic rings. The van der Waals surface area contributed by atoms with Crippen molar-refractivity contribution < 1.29 is 27.5 Å². The van der Waals surface area contributed by atoms with E-state index in [4.69, 9.17) is 4.74 Å². The van der Waals surface area contributed by atoms with Gasteiger partial charge >= 0.3 is 0 Å². The molecule has 3 rings (SSSR count). The third-order valence-electron chi connectivity index (χ3n) is 3.88. The summed E-state index contributed by atoms with van der Waals surface area (Å²) < 4.78 is 27.9. The van der Waals surface area contributed by atoms with Crippen molar-refractivity contribution in [1.29, 1.82) is 0 Å². The molecule has 8 nitrogen and oxygen atoms in total. The van der Waals surface area contributed by atoms with Gasteiger partial charge in [-0.3, -0.25) is 19.3 Å². The molecular weight excluding hydrogens is 392 g/mol. The fourth-order valence-electron chi connectivity index (χ4n) is 2.62. The van der Waals surface area contributed by atoms with E-state index in [1.807, 2.05) is 0 Å². The molecule has 1 unspecified atom stereocenters. The topological polar surface area (TPSA) is 110 Å². The lowest BCUT2D eigenvalue weighted by Gasteiger charge is -2.14. The van der Waals surface area contributed by atoms with E-state index >= 15 is 0 Å². The SMILES string of the molecule is COc1ccccc1/C=C1/SC(=O)N(CC(=O)NC2C=CS(=O)(=O)C2)C1=O. The van der Waals surface area contributed by atoms with Crippen molar-refractivity contribution in [2.45, 2.75) is 6.04 Å². The van der Waals surface area contributed by atoms with Crippen LogP contribution in [0.15, 0.2) is 40.7 Å². The molecule has 27 heavy (non-hydrogen) atoms. The first kappa shape index (κ1) is 19.2. The molecule has 0 saturated carbocycles. The highest BCUT2D eigenvalue weighted by molar-refractivity contribution is 8.18. The van der Waals surface area contributed by atoms with Crippen molar-refractivity contribution in [3.8, 4) is 5.75 Å². The number of hydrogen-bond donors (Lipinski definition) is 1. The monoisotopic (exact) mass is 408 g/mol. The molecule has 1 aromatic carbocycles. The standard InChI is InChI=1S/C17H16N2O6S2/c1-25-13-5-3-2-4-11(13)8-14-16(21)19(17(22)26-14)9-15(20)18-12-6-7-27(23,24)10-12/h2-8,12H,9-10H2,1H3,(H,18,20)/b14-8+. The highest BCUT2D eigenvalue weighted by atomic mass is 32.2. The number of amides is 3. The van der Waals surface area contributed by atoms with Crippen LogP contribution in [0.25, 0.3) is 6.08 Å². The lowest BCUT2D eigenvalue weighted by Crippen LogP contribution is -2.43. The third kappa shape index (κ3) is 4.40. The van der Waals surface area contributed by atoms with Gasteiger partial charge in [0.05, 0.1) is 23.8 Å². The molecule has 1 fully saturated rings. The van der Waals surface area contributed by atoms with E-state index in [2.05, 4.69) is 5.32 Å². The van der Waals surface area contributed by atoms with Crippen molar-refractivity contribution in [2.24, 2.45) is 0 Å². The van der Waals surface area contributed by atoms with E-state index in [0.29, 0.717) is 11.3 Å². The summed E-state index contributed by atoms with van der Waals surface area (Å²) in [5.74, 6) is -0.867. The molecule has 10 heteroatoms. The second-order valence-corrected chi connectivity index (χ2v) is 8.77. The number of nitrogens with zero attached hydrogens (tertiary/aromatic N) is 1. The largest absolute Gasteiger partial charge is 0.496 e. The number of hydrogen-bond acceptors (Lipinski definition) is 7. The van der Waals surface area contributed by atoms with Crippen LogP contribution in [0.2, 0.25) is 0 Å². The van der Waals surface area contributed by atoms with Crippen molar-refractivity contribution in [3.63, 3.8) is 0 Å². The van der Waals surface area contributed by atoms with E-state index < -0.39 is 39.5 Å². The quantitative estimate of drug-likeness (QED) is 0.728. The number of carbonyl (C=O) groups excluding carboxylic acids is 3.